The first kappa shape index (κ1) is 15.8. The number of aliphatic hydroxyl groups excluding tert-OH is 1. The molecule has 1 amide bonds. The van der Waals surface area contributed by atoms with E-state index in [0.717, 1.165) is 12.0 Å². The first-order chi connectivity index (χ1) is 11.2. The van der Waals surface area contributed by atoms with E-state index in [1.165, 1.54) is 5.56 Å². The summed E-state index contributed by atoms with van der Waals surface area (Å²) in [7, 11) is 1.86. The second kappa shape index (κ2) is 6.97. The number of carbonyl (C=O) groups is 1. The smallest absolute Gasteiger partial charge is 0.226 e. The fourth-order valence-corrected chi connectivity index (χ4v) is 3.33. The van der Waals surface area contributed by atoms with Gasteiger partial charge in [0.2, 0.25) is 5.91 Å². The monoisotopic (exact) mass is 309 g/mol. The summed E-state index contributed by atoms with van der Waals surface area (Å²) in [6.07, 6.45) is 1.49. The van der Waals surface area contributed by atoms with E-state index < -0.39 is 0 Å². The topological polar surface area (TPSA) is 40.5 Å². The van der Waals surface area contributed by atoms with Crippen LogP contribution >= 0.6 is 0 Å². The standard InChI is InChI=1S/C20H23NO2/c1-21(19(12-13-22)16-10-6-3-7-11-16)20(23)18-14-17(18)15-8-4-2-5-9-15/h2-11,17-19,22H,12-14H2,1H3. The van der Waals surface area contributed by atoms with Gasteiger partial charge in [-0.05, 0) is 29.9 Å². The molecule has 2 aromatic carbocycles. The van der Waals surface area contributed by atoms with Crippen LogP contribution in [-0.2, 0) is 4.79 Å². The van der Waals surface area contributed by atoms with E-state index in [1.54, 1.807) is 0 Å². The van der Waals surface area contributed by atoms with Crippen LogP contribution in [0.3, 0.4) is 0 Å². The molecule has 1 aliphatic carbocycles. The minimum atomic E-state index is -0.0641. The van der Waals surface area contributed by atoms with Crippen LogP contribution in [0.1, 0.15) is 35.9 Å². The first-order valence-corrected chi connectivity index (χ1v) is 8.19. The minimum Gasteiger partial charge on any atom is -0.396 e. The second-order valence-electron chi connectivity index (χ2n) is 6.25. The zero-order valence-corrected chi connectivity index (χ0v) is 13.4. The van der Waals surface area contributed by atoms with Crippen molar-refractivity contribution in [3.63, 3.8) is 0 Å². The molecule has 0 radical (unpaired) electrons. The molecule has 23 heavy (non-hydrogen) atoms. The SMILES string of the molecule is CN(C(=O)C1CC1c1ccccc1)C(CCO)c1ccccc1. The third kappa shape index (κ3) is 3.45. The van der Waals surface area contributed by atoms with Gasteiger partial charge >= 0.3 is 0 Å². The molecule has 3 atom stereocenters. The van der Waals surface area contributed by atoms with Gasteiger partial charge < -0.3 is 10.0 Å². The lowest BCUT2D eigenvalue weighted by Gasteiger charge is -2.28. The summed E-state index contributed by atoms with van der Waals surface area (Å²) >= 11 is 0. The molecule has 1 fully saturated rings. The molecule has 3 rings (SSSR count). The van der Waals surface area contributed by atoms with Gasteiger partial charge in [0.15, 0.2) is 0 Å². The normalized spacial score (nSPS) is 20.8. The van der Waals surface area contributed by atoms with Crippen LogP contribution in [0.5, 0.6) is 0 Å². The van der Waals surface area contributed by atoms with Crippen molar-refractivity contribution in [1.82, 2.24) is 4.90 Å². The van der Waals surface area contributed by atoms with Gasteiger partial charge in [0.1, 0.15) is 0 Å². The fourth-order valence-electron chi connectivity index (χ4n) is 3.33. The zero-order valence-electron chi connectivity index (χ0n) is 13.4. The molecule has 0 bridgehead atoms. The summed E-state index contributed by atoms with van der Waals surface area (Å²) in [6.45, 7) is 0.0734. The van der Waals surface area contributed by atoms with E-state index in [0.29, 0.717) is 12.3 Å². The summed E-state index contributed by atoms with van der Waals surface area (Å²) in [5.74, 6) is 0.602. The molecule has 1 saturated carbocycles. The Hall–Kier alpha value is -2.13. The molecule has 120 valence electrons. The Morgan fingerprint density at radius 1 is 1.13 bits per heavy atom. The maximum absolute atomic E-state index is 12.8. The molecule has 0 saturated heterocycles. The van der Waals surface area contributed by atoms with Gasteiger partial charge in [-0.2, -0.15) is 0 Å². The molecule has 0 aliphatic heterocycles. The number of carbonyl (C=O) groups excluding carboxylic acids is 1. The van der Waals surface area contributed by atoms with Crippen LogP contribution in [0.4, 0.5) is 0 Å². The molecule has 0 spiro atoms. The van der Waals surface area contributed by atoms with Crippen molar-refractivity contribution in [2.24, 2.45) is 5.92 Å². The van der Waals surface area contributed by atoms with Crippen molar-refractivity contribution in [1.29, 1.82) is 0 Å². The third-order valence-corrected chi connectivity index (χ3v) is 4.74. The molecule has 1 aliphatic rings. The van der Waals surface area contributed by atoms with Crippen LogP contribution < -0.4 is 0 Å². The highest BCUT2D eigenvalue weighted by molar-refractivity contribution is 5.83. The van der Waals surface area contributed by atoms with Crippen molar-refractivity contribution in [3.05, 3.63) is 71.8 Å². The van der Waals surface area contributed by atoms with E-state index in [1.807, 2.05) is 60.5 Å². The predicted octanol–water partition coefficient (Wildman–Crippen LogP) is 3.37. The number of hydrogen-bond donors (Lipinski definition) is 1. The van der Waals surface area contributed by atoms with Crippen molar-refractivity contribution in [2.75, 3.05) is 13.7 Å². The van der Waals surface area contributed by atoms with Crippen molar-refractivity contribution < 1.29 is 9.90 Å². The molecule has 3 nitrogen and oxygen atoms in total. The van der Waals surface area contributed by atoms with Crippen LogP contribution in [-0.4, -0.2) is 29.6 Å². The van der Waals surface area contributed by atoms with E-state index in [-0.39, 0.29) is 24.5 Å². The number of rotatable bonds is 6. The number of amides is 1. The minimum absolute atomic E-state index is 0.0641. The van der Waals surface area contributed by atoms with Crippen LogP contribution in [0.2, 0.25) is 0 Å². The first-order valence-electron chi connectivity index (χ1n) is 8.19. The van der Waals surface area contributed by atoms with Gasteiger partial charge in [0.05, 0.1) is 6.04 Å². The average molecular weight is 309 g/mol. The summed E-state index contributed by atoms with van der Waals surface area (Å²) < 4.78 is 0. The number of nitrogens with zero attached hydrogens (tertiary/aromatic N) is 1. The van der Waals surface area contributed by atoms with Crippen molar-refractivity contribution >= 4 is 5.91 Å². The Morgan fingerprint density at radius 3 is 2.35 bits per heavy atom. The fraction of sp³-hybridized carbons (Fsp3) is 0.350. The molecule has 3 heteroatoms. The second-order valence-corrected chi connectivity index (χ2v) is 6.25. The number of aliphatic hydroxyl groups is 1. The summed E-state index contributed by atoms with van der Waals surface area (Å²) in [4.78, 5) is 14.6. The largest absolute Gasteiger partial charge is 0.396 e. The third-order valence-electron chi connectivity index (χ3n) is 4.74. The maximum atomic E-state index is 12.8. The van der Waals surface area contributed by atoms with E-state index in [2.05, 4.69) is 12.1 Å². The van der Waals surface area contributed by atoms with Crippen LogP contribution in [0.15, 0.2) is 60.7 Å². The van der Waals surface area contributed by atoms with Gasteiger partial charge in [0, 0.05) is 19.6 Å². The van der Waals surface area contributed by atoms with E-state index in [9.17, 15) is 9.90 Å². The lowest BCUT2D eigenvalue weighted by atomic mass is 10.0. The molecular formula is C20H23NO2. The lowest BCUT2D eigenvalue weighted by Crippen LogP contribution is -2.33. The Morgan fingerprint density at radius 2 is 1.74 bits per heavy atom. The average Bonchev–Trinajstić information content (AvgIpc) is 3.41. The molecule has 3 unspecified atom stereocenters. The maximum Gasteiger partial charge on any atom is 0.226 e. The Balaban J connectivity index is 1.71. The number of benzene rings is 2. The summed E-state index contributed by atoms with van der Waals surface area (Å²) in [6, 6.07) is 20.1. The van der Waals surface area contributed by atoms with Crippen molar-refractivity contribution in [2.45, 2.75) is 24.8 Å². The van der Waals surface area contributed by atoms with E-state index >= 15 is 0 Å². The highest BCUT2D eigenvalue weighted by Crippen LogP contribution is 2.49. The number of hydrogen-bond acceptors (Lipinski definition) is 2. The quantitative estimate of drug-likeness (QED) is 0.889. The highest BCUT2D eigenvalue weighted by atomic mass is 16.3. The Bertz CT molecular complexity index is 641. The van der Waals surface area contributed by atoms with Crippen LogP contribution in [0, 0.1) is 5.92 Å². The molecule has 1 N–H and O–H groups in total. The molecular weight excluding hydrogens is 286 g/mol. The van der Waals surface area contributed by atoms with Crippen LogP contribution in [0.25, 0.3) is 0 Å². The Kier molecular flexibility index (Phi) is 4.77. The van der Waals surface area contributed by atoms with Gasteiger partial charge in [-0.3, -0.25) is 4.79 Å². The Labute approximate surface area is 137 Å². The highest BCUT2D eigenvalue weighted by Gasteiger charge is 2.46. The molecule has 0 heterocycles. The predicted molar refractivity (Wildman–Crippen MR) is 90.9 cm³/mol. The van der Waals surface area contributed by atoms with Gasteiger partial charge in [0.25, 0.3) is 0 Å². The van der Waals surface area contributed by atoms with Gasteiger partial charge in [-0.1, -0.05) is 60.7 Å². The summed E-state index contributed by atoms with van der Waals surface area (Å²) in [5, 5.41) is 9.37. The van der Waals surface area contributed by atoms with E-state index in [4.69, 9.17) is 0 Å². The van der Waals surface area contributed by atoms with Gasteiger partial charge in [-0.15, -0.1) is 0 Å². The molecule has 0 aromatic heterocycles. The zero-order chi connectivity index (χ0) is 16.2. The molecule has 2 aromatic rings. The lowest BCUT2D eigenvalue weighted by molar-refractivity contribution is -0.133. The van der Waals surface area contributed by atoms with Gasteiger partial charge in [-0.25, -0.2) is 0 Å². The summed E-state index contributed by atoms with van der Waals surface area (Å²) in [5.41, 5.74) is 2.33. The van der Waals surface area contributed by atoms with Crippen molar-refractivity contribution in [3.8, 4) is 0 Å².